The number of sulfonamides is 1. The summed E-state index contributed by atoms with van der Waals surface area (Å²) in [6, 6.07) is 6.61. The van der Waals surface area contributed by atoms with Gasteiger partial charge in [0.15, 0.2) is 6.61 Å². The summed E-state index contributed by atoms with van der Waals surface area (Å²) in [5.74, 6) is -0.231. The average Bonchev–Trinajstić information content (AvgIpc) is 2.69. The standard InChI is InChI=1S/C19H28N2O6S/c1-3-4-5-14-26-17-8-6-16(7-9-17)19(23)27-15-18(22)20-10-12-21(13-11-20)28(2,24)25/h6-9H,3-5,10-15H2,1-2H3. The van der Waals surface area contributed by atoms with Crippen LogP contribution in [-0.4, -0.2) is 75.1 Å². The van der Waals surface area contributed by atoms with Gasteiger partial charge in [0.1, 0.15) is 5.75 Å². The minimum atomic E-state index is -3.25. The number of unbranched alkanes of at least 4 members (excludes halogenated alkanes) is 2. The molecular weight excluding hydrogens is 384 g/mol. The van der Waals surface area contributed by atoms with Gasteiger partial charge in [-0.3, -0.25) is 4.79 Å². The molecule has 1 aliphatic heterocycles. The molecule has 0 N–H and O–H groups in total. The number of esters is 1. The molecule has 0 spiro atoms. The van der Waals surface area contributed by atoms with E-state index in [-0.39, 0.29) is 38.7 Å². The van der Waals surface area contributed by atoms with Gasteiger partial charge in [0.05, 0.1) is 18.4 Å². The van der Waals surface area contributed by atoms with E-state index in [1.165, 1.54) is 9.21 Å². The van der Waals surface area contributed by atoms with Crippen molar-refractivity contribution in [2.45, 2.75) is 26.2 Å². The lowest BCUT2D eigenvalue weighted by Gasteiger charge is -2.33. The first-order valence-corrected chi connectivity index (χ1v) is 11.3. The van der Waals surface area contributed by atoms with Crippen LogP contribution in [0.4, 0.5) is 0 Å². The second kappa shape index (κ2) is 10.4. The average molecular weight is 413 g/mol. The number of benzene rings is 1. The molecule has 1 aromatic rings. The molecule has 1 aromatic carbocycles. The van der Waals surface area contributed by atoms with Crippen LogP contribution in [0.1, 0.15) is 36.5 Å². The first kappa shape index (κ1) is 22.2. The Morgan fingerprint density at radius 1 is 1.04 bits per heavy atom. The van der Waals surface area contributed by atoms with Crippen LogP contribution >= 0.6 is 0 Å². The van der Waals surface area contributed by atoms with E-state index in [1.807, 2.05) is 0 Å². The van der Waals surface area contributed by atoms with E-state index >= 15 is 0 Å². The molecule has 156 valence electrons. The van der Waals surface area contributed by atoms with Crippen molar-refractivity contribution in [3.05, 3.63) is 29.8 Å². The number of hydrogen-bond donors (Lipinski definition) is 0. The number of hydrogen-bond acceptors (Lipinski definition) is 6. The Kier molecular flexibility index (Phi) is 8.25. The molecular formula is C19H28N2O6S. The van der Waals surface area contributed by atoms with Crippen LogP contribution in [-0.2, 0) is 19.6 Å². The van der Waals surface area contributed by atoms with E-state index in [9.17, 15) is 18.0 Å². The van der Waals surface area contributed by atoms with Gasteiger partial charge in [-0.15, -0.1) is 0 Å². The predicted octanol–water partition coefficient (Wildman–Crippen LogP) is 1.52. The normalized spacial score (nSPS) is 15.3. The maximum absolute atomic E-state index is 12.2. The first-order valence-electron chi connectivity index (χ1n) is 9.44. The van der Waals surface area contributed by atoms with Gasteiger partial charge in [0.25, 0.3) is 5.91 Å². The van der Waals surface area contributed by atoms with Crippen molar-refractivity contribution in [2.75, 3.05) is 45.6 Å². The van der Waals surface area contributed by atoms with E-state index in [1.54, 1.807) is 24.3 Å². The smallest absolute Gasteiger partial charge is 0.338 e. The second-order valence-electron chi connectivity index (χ2n) is 6.70. The van der Waals surface area contributed by atoms with Crippen LogP contribution in [0, 0.1) is 0 Å². The van der Waals surface area contributed by atoms with Crippen LogP contribution in [0.3, 0.4) is 0 Å². The highest BCUT2D eigenvalue weighted by atomic mass is 32.2. The number of amides is 1. The van der Waals surface area contributed by atoms with Crippen molar-refractivity contribution in [1.29, 1.82) is 0 Å². The fourth-order valence-corrected chi connectivity index (χ4v) is 3.63. The fourth-order valence-electron chi connectivity index (χ4n) is 2.80. The molecule has 0 aliphatic carbocycles. The molecule has 2 rings (SSSR count). The molecule has 1 saturated heterocycles. The quantitative estimate of drug-likeness (QED) is 0.451. The zero-order valence-electron chi connectivity index (χ0n) is 16.4. The molecule has 0 bridgehead atoms. The highest BCUT2D eigenvalue weighted by molar-refractivity contribution is 7.88. The van der Waals surface area contributed by atoms with Crippen LogP contribution in [0.15, 0.2) is 24.3 Å². The van der Waals surface area contributed by atoms with Gasteiger partial charge < -0.3 is 14.4 Å². The third kappa shape index (κ3) is 6.79. The number of ether oxygens (including phenoxy) is 2. The number of nitrogens with zero attached hydrogens (tertiary/aromatic N) is 2. The van der Waals surface area contributed by atoms with E-state index in [2.05, 4.69) is 6.92 Å². The molecule has 0 radical (unpaired) electrons. The monoisotopic (exact) mass is 412 g/mol. The topological polar surface area (TPSA) is 93.2 Å². The lowest BCUT2D eigenvalue weighted by atomic mass is 10.2. The van der Waals surface area contributed by atoms with Crippen LogP contribution in [0.2, 0.25) is 0 Å². The van der Waals surface area contributed by atoms with Crippen molar-refractivity contribution in [3.8, 4) is 5.75 Å². The maximum Gasteiger partial charge on any atom is 0.338 e. The molecule has 0 unspecified atom stereocenters. The van der Waals surface area contributed by atoms with Crippen molar-refractivity contribution >= 4 is 21.9 Å². The van der Waals surface area contributed by atoms with Crippen molar-refractivity contribution < 1.29 is 27.5 Å². The summed E-state index contributed by atoms with van der Waals surface area (Å²) < 4.78 is 35.0. The lowest BCUT2D eigenvalue weighted by molar-refractivity contribution is -0.135. The molecule has 0 saturated carbocycles. The number of piperazine rings is 1. The zero-order valence-corrected chi connectivity index (χ0v) is 17.2. The van der Waals surface area contributed by atoms with Gasteiger partial charge in [-0.25, -0.2) is 13.2 Å². The Morgan fingerprint density at radius 2 is 1.68 bits per heavy atom. The minimum absolute atomic E-state index is 0.248. The Labute approximate surface area is 166 Å². The predicted molar refractivity (Wildman–Crippen MR) is 105 cm³/mol. The number of carbonyl (C=O) groups excluding carboxylic acids is 2. The summed E-state index contributed by atoms with van der Waals surface area (Å²) in [4.78, 5) is 25.8. The summed E-state index contributed by atoms with van der Waals surface area (Å²) >= 11 is 0. The first-order chi connectivity index (χ1) is 13.3. The molecule has 1 heterocycles. The van der Waals surface area contributed by atoms with Gasteiger partial charge in [-0.2, -0.15) is 4.31 Å². The van der Waals surface area contributed by atoms with Crippen LogP contribution in [0.25, 0.3) is 0 Å². The Balaban J connectivity index is 1.75. The van der Waals surface area contributed by atoms with Gasteiger partial charge in [0, 0.05) is 26.2 Å². The maximum atomic E-state index is 12.2. The van der Waals surface area contributed by atoms with Crippen LogP contribution < -0.4 is 4.74 Å². The number of carbonyl (C=O) groups is 2. The number of rotatable bonds is 9. The second-order valence-corrected chi connectivity index (χ2v) is 8.68. The third-order valence-corrected chi connectivity index (χ3v) is 5.80. The van der Waals surface area contributed by atoms with E-state index < -0.39 is 16.0 Å². The summed E-state index contributed by atoms with van der Waals surface area (Å²) in [6.45, 7) is 3.46. The minimum Gasteiger partial charge on any atom is -0.494 e. The van der Waals surface area contributed by atoms with Crippen LogP contribution in [0.5, 0.6) is 5.75 Å². The van der Waals surface area contributed by atoms with Crippen molar-refractivity contribution in [3.63, 3.8) is 0 Å². The molecule has 8 nitrogen and oxygen atoms in total. The zero-order chi connectivity index (χ0) is 20.6. The van der Waals surface area contributed by atoms with Gasteiger partial charge in [0.2, 0.25) is 10.0 Å². The van der Waals surface area contributed by atoms with E-state index in [4.69, 9.17) is 9.47 Å². The van der Waals surface area contributed by atoms with Crippen molar-refractivity contribution in [1.82, 2.24) is 9.21 Å². The van der Waals surface area contributed by atoms with Gasteiger partial charge >= 0.3 is 5.97 Å². The van der Waals surface area contributed by atoms with E-state index in [0.717, 1.165) is 25.5 Å². The SMILES string of the molecule is CCCCCOc1ccc(C(=O)OCC(=O)N2CCN(S(C)(=O)=O)CC2)cc1. The fraction of sp³-hybridized carbons (Fsp3) is 0.579. The molecule has 0 atom stereocenters. The molecule has 28 heavy (non-hydrogen) atoms. The molecule has 1 aliphatic rings. The third-order valence-electron chi connectivity index (χ3n) is 4.49. The molecule has 1 fully saturated rings. The highest BCUT2D eigenvalue weighted by Crippen LogP contribution is 2.14. The Morgan fingerprint density at radius 3 is 2.25 bits per heavy atom. The highest BCUT2D eigenvalue weighted by Gasteiger charge is 2.26. The summed E-state index contributed by atoms with van der Waals surface area (Å²) in [7, 11) is -3.25. The largest absolute Gasteiger partial charge is 0.494 e. The summed E-state index contributed by atoms with van der Waals surface area (Å²) in [5.41, 5.74) is 0.343. The summed E-state index contributed by atoms with van der Waals surface area (Å²) in [5, 5.41) is 0. The molecule has 1 amide bonds. The van der Waals surface area contributed by atoms with Gasteiger partial charge in [-0.05, 0) is 30.7 Å². The summed E-state index contributed by atoms with van der Waals surface area (Å²) in [6.07, 6.45) is 4.37. The van der Waals surface area contributed by atoms with Gasteiger partial charge in [-0.1, -0.05) is 19.8 Å². The van der Waals surface area contributed by atoms with Crippen molar-refractivity contribution in [2.24, 2.45) is 0 Å². The molecule has 0 aromatic heterocycles. The molecule has 9 heteroatoms. The van der Waals surface area contributed by atoms with E-state index in [0.29, 0.717) is 17.9 Å². The lowest BCUT2D eigenvalue weighted by Crippen LogP contribution is -2.51. The Hall–Kier alpha value is -2.13. The Bertz CT molecular complexity index is 755.